The molecule has 0 aliphatic carbocycles. The number of fused-ring (bicyclic) bond motifs is 1. The van der Waals surface area contributed by atoms with E-state index in [2.05, 4.69) is 11.8 Å². The molecule has 2 nitrogen and oxygen atoms in total. The van der Waals surface area contributed by atoms with Crippen molar-refractivity contribution < 1.29 is 4.74 Å². The third kappa shape index (κ3) is 4.79. The first-order valence-electron chi connectivity index (χ1n) is 7.64. The Labute approximate surface area is 159 Å². The molecule has 1 heterocycles. The molecule has 0 amide bonds. The molecule has 0 saturated heterocycles. The van der Waals surface area contributed by atoms with Crippen LogP contribution in [0.3, 0.4) is 0 Å². The molecule has 0 unspecified atom stereocenters. The summed E-state index contributed by atoms with van der Waals surface area (Å²) in [4.78, 5) is 12.8. The number of thioether (sulfide) groups is 1. The van der Waals surface area contributed by atoms with E-state index in [-0.39, 0.29) is 4.74 Å². The number of halogens is 1. The minimum atomic E-state index is 0.0654. The number of benzene rings is 2. The van der Waals surface area contributed by atoms with E-state index < -0.39 is 0 Å². The standard InChI is InChI=1S/C20H15ClO2S2/c1-14-12-15(8-9-17(14)21)23-10-4-5-11-24-19-13-20(22)25-18-7-3-2-6-16(18)19/h2-3,6-9,12-13H,10-11H2,1H3. The third-order valence-electron chi connectivity index (χ3n) is 3.48. The molecule has 0 aliphatic rings. The summed E-state index contributed by atoms with van der Waals surface area (Å²) in [7, 11) is 0. The van der Waals surface area contributed by atoms with E-state index in [0.29, 0.717) is 12.4 Å². The summed E-state index contributed by atoms with van der Waals surface area (Å²) < 4.78 is 6.67. The summed E-state index contributed by atoms with van der Waals surface area (Å²) in [6.07, 6.45) is 0. The minimum absolute atomic E-state index is 0.0654. The van der Waals surface area contributed by atoms with Crippen LogP contribution in [0.4, 0.5) is 0 Å². The molecule has 0 bridgehead atoms. The zero-order valence-electron chi connectivity index (χ0n) is 13.5. The van der Waals surface area contributed by atoms with Gasteiger partial charge in [-0.2, -0.15) is 0 Å². The lowest BCUT2D eigenvalue weighted by Crippen LogP contribution is -1.95. The average molecular weight is 387 g/mol. The van der Waals surface area contributed by atoms with Gasteiger partial charge in [-0.3, -0.25) is 4.79 Å². The molecule has 0 fully saturated rings. The Hall–Kier alpha value is -1.93. The summed E-state index contributed by atoms with van der Waals surface area (Å²) in [6.45, 7) is 2.26. The highest BCUT2D eigenvalue weighted by Gasteiger charge is 2.03. The van der Waals surface area contributed by atoms with E-state index in [9.17, 15) is 4.79 Å². The van der Waals surface area contributed by atoms with Crippen LogP contribution in [0.15, 0.2) is 58.2 Å². The van der Waals surface area contributed by atoms with Crippen LogP contribution in [-0.4, -0.2) is 12.4 Å². The van der Waals surface area contributed by atoms with E-state index >= 15 is 0 Å². The SMILES string of the molecule is Cc1cc(OCC#CCSc2cc(=O)sc3ccccc23)ccc1Cl. The Morgan fingerprint density at radius 1 is 1.16 bits per heavy atom. The van der Waals surface area contributed by atoms with Crippen molar-refractivity contribution in [1.82, 2.24) is 0 Å². The van der Waals surface area contributed by atoms with Gasteiger partial charge in [0.05, 0.1) is 5.75 Å². The maximum Gasteiger partial charge on any atom is 0.234 e. The summed E-state index contributed by atoms with van der Waals surface area (Å²) in [6, 6.07) is 15.2. The maximum atomic E-state index is 11.8. The van der Waals surface area contributed by atoms with Gasteiger partial charge < -0.3 is 4.74 Å². The van der Waals surface area contributed by atoms with Gasteiger partial charge in [0.25, 0.3) is 0 Å². The number of hydrogen-bond acceptors (Lipinski definition) is 4. The average Bonchev–Trinajstić information content (AvgIpc) is 2.60. The predicted octanol–water partition coefficient (Wildman–Crippen LogP) is 5.40. The molecular weight excluding hydrogens is 372 g/mol. The van der Waals surface area contributed by atoms with E-state index in [1.807, 2.05) is 49.4 Å². The van der Waals surface area contributed by atoms with Crippen LogP contribution >= 0.6 is 34.7 Å². The van der Waals surface area contributed by atoms with Gasteiger partial charge in [-0.1, -0.05) is 53.0 Å². The smallest absolute Gasteiger partial charge is 0.234 e. The molecule has 0 atom stereocenters. The Balaban J connectivity index is 1.58. The molecule has 3 aromatic rings. The van der Waals surface area contributed by atoms with Crippen LogP contribution in [0.25, 0.3) is 10.1 Å². The van der Waals surface area contributed by atoms with E-state index in [1.165, 1.54) is 11.3 Å². The highest BCUT2D eigenvalue weighted by molar-refractivity contribution is 7.99. The molecule has 25 heavy (non-hydrogen) atoms. The van der Waals surface area contributed by atoms with E-state index in [0.717, 1.165) is 31.3 Å². The summed E-state index contributed by atoms with van der Waals surface area (Å²) >= 11 is 8.83. The van der Waals surface area contributed by atoms with Crippen molar-refractivity contribution >= 4 is 44.8 Å². The van der Waals surface area contributed by atoms with Crippen LogP contribution in [-0.2, 0) is 0 Å². The highest BCUT2D eigenvalue weighted by Crippen LogP contribution is 2.27. The lowest BCUT2D eigenvalue weighted by Gasteiger charge is -2.04. The van der Waals surface area contributed by atoms with Gasteiger partial charge in [0, 0.05) is 26.1 Å². The fourth-order valence-corrected chi connectivity index (χ4v) is 4.18. The zero-order valence-corrected chi connectivity index (χ0v) is 15.9. The topological polar surface area (TPSA) is 26.3 Å². The second-order valence-electron chi connectivity index (χ2n) is 5.27. The normalized spacial score (nSPS) is 10.3. The van der Waals surface area contributed by atoms with Crippen molar-refractivity contribution in [3.8, 4) is 17.6 Å². The summed E-state index contributed by atoms with van der Waals surface area (Å²) in [5.74, 6) is 7.45. The van der Waals surface area contributed by atoms with Crippen LogP contribution in [0, 0.1) is 18.8 Å². The van der Waals surface area contributed by atoms with Crippen molar-refractivity contribution in [2.75, 3.05) is 12.4 Å². The number of ether oxygens (including phenoxy) is 1. The van der Waals surface area contributed by atoms with Gasteiger partial charge in [-0.25, -0.2) is 0 Å². The molecule has 5 heteroatoms. The Bertz CT molecular complexity index is 1020. The van der Waals surface area contributed by atoms with Crippen LogP contribution < -0.4 is 9.48 Å². The van der Waals surface area contributed by atoms with Gasteiger partial charge in [-0.15, -0.1) is 11.8 Å². The first kappa shape index (κ1) is 17.9. The molecule has 0 spiro atoms. The quantitative estimate of drug-likeness (QED) is 0.443. The fraction of sp³-hybridized carbons (Fsp3) is 0.150. The van der Waals surface area contributed by atoms with Gasteiger partial charge in [-0.05, 0) is 36.8 Å². The van der Waals surface area contributed by atoms with Crippen molar-refractivity contribution in [1.29, 1.82) is 0 Å². The van der Waals surface area contributed by atoms with Crippen molar-refractivity contribution in [3.05, 3.63) is 68.7 Å². The molecule has 2 aromatic carbocycles. The van der Waals surface area contributed by atoms with E-state index in [1.54, 1.807) is 17.8 Å². The second kappa shape index (κ2) is 8.44. The largest absolute Gasteiger partial charge is 0.481 e. The van der Waals surface area contributed by atoms with Gasteiger partial charge in [0.2, 0.25) is 4.74 Å². The highest BCUT2D eigenvalue weighted by atomic mass is 35.5. The molecule has 0 radical (unpaired) electrons. The van der Waals surface area contributed by atoms with Crippen molar-refractivity contribution in [3.63, 3.8) is 0 Å². The molecule has 0 N–H and O–H groups in total. The molecule has 1 aromatic heterocycles. The number of aryl methyl sites for hydroxylation is 1. The molecule has 0 saturated carbocycles. The first-order valence-corrected chi connectivity index (χ1v) is 9.82. The molecule has 126 valence electrons. The lowest BCUT2D eigenvalue weighted by atomic mass is 10.2. The molecular formula is C20H15ClO2S2. The van der Waals surface area contributed by atoms with Crippen molar-refractivity contribution in [2.45, 2.75) is 11.8 Å². The molecule has 3 rings (SSSR count). The van der Waals surface area contributed by atoms with Gasteiger partial charge >= 0.3 is 0 Å². The van der Waals surface area contributed by atoms with Gasteiger partial charge in [0.15, 0.2) is 0 Å². The van der Waals surface area contributed by atoms with Crippen molar-refractivity contribution in [2.24, 2.45) is 0 Å². The summed E-state index contributed by atoms with van der Waals surface area (Å²) in [5, 5.41) is 1.83. The van der Waals surface area contributed by atoms with Crippen LogP contribution in [0.1, 0.15) is 5.56 Å². The fourth-order valence-electron chi connectivity index (χ4n) is 2.24. The Kier molecular flexibility index (Phi) is 6.04. The second-order valence-corrected chi connectivity index (χ2v) is 7.74. The Morgan fingerprint density at radius 2 is 2.00 bits per heavy atom. The minimum Gasteiger partial charge on any atom is -0.481 e. The van der Waals surface area contributed by atoms with Crippen LogP contribution in [0.5, 0.6) is 5.75 Å². The lowest BCUT2D eigenvalue weighted by molar-refractivity contribution is 0.370. The number of hydrogen-bond donors (Lipinski definition) is 0. The number of rotatable bonds is 4. The monoisotopic (exact) mass is 386 g/mol. The zero-order chi connectivity index (χ0) is 17.6. The van der Waals surface area contributed by atoms with Gasteiger partial charge in [0.1, 0.15) is 12.4 Å². The third-order valence-corrected chi connectivity index (χ3v) is 5.73. The van der Waals surface area contributed by atoms with Crippen LogP contribution in [0.2, 0.25) is 5.02 Å². The Morgan fingerprint density at radius 3 is 2.84 bits per heavy atom. The predicted molar refractivity (Wildman–Crippen MR) is 108 cm³/mol. The maximum absolute atomic E-state index is 11.8. The molecule has 0 aliphatic heterocycles. The first-order chi connectivity index (χ1) is 12.1. The summed E-state index contributed by atoms with van der Waals surface area (Å²) in [5.41, 5.74) is 0.980. The van der Waals surface area contributed by atoms with E-state index in [4.69, 9.17) is 16.3 Å².